The lowest BCUT2D eigenvalue weighted by Crippen LogP contribution is -2.37. The molecule has 0 N–H and O–H groups in total. The first-order valence-electron chi connectivity index (χ1n) is 8.25. The van der Waals surface area contributed by atoms with E-state index >= 15 is 0 Å². The van der Waals surface area contributed by atoms with E-state index in [2.05, 4.69) is 55.3 Å². The molecule has 2 aromatic rings. The second kappa shape index (κ2) is 6.99. The molecule has 0 spiro atoms. The Hall–Kier alpha value is -2.09. The maximum atomic E-state index is 9.18. The number of nitrogens with zero attached hydrogens (tertiary/aromatic N) is 3. The van der Waals surface area contributed by atoms with Crippen LogP contribution in [-0.4, -0.2) is 35.8 Å². The van der Waals surface area contributed by atoms with Crippen molar-refractivity contribution in [1.29, 1.82) is 5.26 Å². The first-order valence-corrected chi connectivity index (χ1v) is 8.25. The number of benzene rings is 1. The molecule has 0 bridgehead atoms. The van der Waals surface area contributed by atoms with Gasteiger partial charge in [0.2, 0.25) is 0 Å². The molecule has 1 aromatic heterocycles. The summed E-state index contributed by atoms with van der Waals surface area (Å²) < 4.78 is 7.41. The quantitative estimate of drug-likeness (QED) is 0.868. The van der Waals surface area contributed by atoms with Gasteiger partial charge in [0.25, 0.3) is 0 Å². The monoisotopic (exact) mass is 309 g/mol. The minimum absolute atomic E-state index is 0.405. The van der Waals surface area contributed by atoms with Crippen LogP contribution in [0.15, 0.2) is 36.5 Å². The third-order valence-electron chi connectivity index (χ3n) is 4.67. The van der Waals surface area contributed by atoms with E-state index in [-0.39, 0.29) is 0 Å². The van der Waals surface area contributed by atoms with Crippen LogP contribution >= 0.6 is 0 Å². The van der Waals surface area contributed by atoms with Crippen LogP contribution in [0.1, 0.15) is 31.1 Å². The standard InChI is InChI=1S/C19H23N3O/c1-3-21-14-18(12-19(21)13-20)17-6-4-16(5-7-17)15(2)22-8-10-23-11-9-22/h4-7,12,14-15H,3,8-11H2,1-2H3. The van der Waals surface area contributed by atoms with Gasteiger partial charge in [0, 0.05) is 37.4 Å². The molecule has 0 saturated carbocycles. The molecule has 1 fully saturated rings. The summed E-state index contributed by atoms with van der Waals surface area (Å²) in [6.45, 7) is 8.75. The van der Waals surface area contributed by atoms with Gasteiger partial charge in [-0.25, -0.2) is 0 Å². The zero-order valence-electron chi connectivity index (χ0n) is 13.8. The van der Waals surface area contributed by atoms with Crippen molar-refractivity contribution in [3.63, 3.8) is 0 Å². The van der Waals surface area contributed by atoms with Crippen LogP contribution in [0.5, 0.6) is 0 Å². The summed E-state index contributed by atoms with van der Waals surface area (Å²) in [5.74, 6) is 0. The average molecular weight is 309 g/mol. The average Bonchev–Trinajstić information content (AvgIpc) is 3.05. The number of aromatic nitrogens is 1. The van der Waals surface area contributed by atoms with E-state index in [1.165, 1.54) is 5.56 Å². The number of aryl methyl sites for hydroxylation is 1. The summed E-state index contributed by atoms with van der Waals surface area (Å²) in [4.78, 5) is 2.46. The Morgan fingerprint density at radius 2 is 1.87 bits per heavy atom. The SMILES string of the molecule is CCn1cc(-c2ccc(C(C)N3CCOCC3)cc2)cc1C#N. The molecule has 1 aromatic carbocycles. The zero-order valence-corrected chi connectivity index (χ0v) is 13.8. The number of hydrogen-bond acceptors (Lipinski definition) is 3. The number of hydrogen-bond donors (Lipinski definition) is 0. The molecule has 1 aliphatic heterocycles. The van der Waals surface area contributed by atoms with Crippen molar-refractivity contribution >= 4 is 0 Å². The molecule has 2 heterocycles. The van der Waals surface area contributed by atoms with Crippen LogP contribution in [0.4, 0.5) is 0 Å². The summed E-state index contributed by atoms with van der Waals surface area (Å²) in [5, 5.41) is 9.18. The van der Waals surface area contributed by atoms with Gasteiger partial charge in [-0.2, -0.15) is 5.26 Å². The predicted molar refractivity (Wildman–Crippen MR) is 91.1 cm³/mol. The van der Waals surface area contributed by atoms with Crippen LogP contribution in [0, 0.1) is 11.3 Å². The van der Waals surface area contributed by atoms with E-state index in [9.17, 15) is 5.26 Å². The maximum Gasteiger partial charge on any atom is 0.120 e. The first kappa shape index (κ1) is 15.8. The van der Waals surface area contributed by atoms with Crippen molar-refractivity contribution in [2.45, 2.75) is 26.4 Å². The van der Waals surface area contributed by atoms with Gasteiger partial charge in [-0.3, -0.25) is 4.90 Å². The smallest absolute Gasteiger partial charge is 0.120 e. The van der Waals surface area contributed by atoms with Crippen LogP contribution in [0.2, 0.25) is 0 Å². The van der Waals surface area contributed by atoms with Gasteiger partial charge >= 0.3 is 0 Å². The highest BCUT2D eigenvalue weighted by atomic mass is 16.5. The van der Waals surface area contributed by atoms with Crippen molar-refractivity contribution in [1.82, 2.24) is 9.47 Å². The van der Waals surface area contributed by atoms with Crippen molar-refractivity contribution in [2.24, 2.45) is 0 Å². The van der Waals surface area contributed by atoms with Crippen molar-refractivity contribution in [3.8, 4) is 17.2 Å². The van der Waals surface area contributed by atoms with Gasteiger partial charge in [0.1, 0.15) is 11.8 Å². The minimum atomic E-state index is 0.405. The molecule has 0 radical (unpaired) electrons. The lowest BCUT2D eigenvalue weighted by atomic mass is 10.0. The summed E-state index contributed by atoms with van der Waals surface area (Å²) in [6.07, 6.45) is 2.05. The molecule has 1 unspecified atom stereocenters. The Labute approximate surface area is 137 Å². The van der Waals surface area contributed by atoms with Crippen LogP contribution in [-0.2, 0) is 11.3 Å². The molecule has 3 rings (SSSR count). The third-order valence-corrected chi connectivity index (χ3v) is 4.67. The summed E-state index contributed by atoms with van der Waals surface area (Å²) >= 11 is 0. The Balaban J connectivity index is 1.79. The topological polar surface area (TPSA) is 41.2 Å². The normalized spacial score (nSPS) is 16.9. The van der Waals surface area contributed by atoms with Crippen LogP contribution < -0.4 is 0 Å². The highest BCUT2D eigenvalue weighted by Gasteiger charge is 2.18. The van der Waals surface area contributed by atoms with Gasteiger partial charge in [0.05, 0.1) is 13.2 Å². The molecule has 4 nitrogen and oxygen atoms in total. The van der Waals surface area contributed by atoms with E-state index in [0.29, 0.717) is 11.7 Å². The summed E-state index contributed by atoms with van der Waals surface area (Å²) in [5.41, 5.74) is 4.31. The third kappa shape index (κ3) is 3.31. The van der Waals surface area contributed by atoms with Gasteiger partial charge in [-0.05, 0) is 31.0 Å². The summed E-state index contributed by atoms with van der Waals surface area (Å²) in [7, 11) is 0. The molecule has 120 valence electrons. The fourth-order valence-electron chi connectivity index (χ4n) is 3.15. The Morgan fingerprint density at radius 3 is 2.43 bits per heavy atom. The van der Waals surface area contributed by atoms with E-state index < -0.39 is 0 Å². The largest absolute Gasteiger partial charge is 0.379 e. The number of rotatable bonds is 4. The Bertz CT molecular complexity index is 690. The molecular formula is C19H23N3O. The Morgan fingerprint density at radius 1 is 1.17 bits per heavy atom. The van der Waals surface area contributed by atoms with Gasteiger partial charge in [0.15, 0.2) is 0 Å². The number of morpholine rings is 1. The predicted octanol–water partition coefficient (Wildman–Crippen LogP) is 3.44. The minimum Gasteiger partial charge on any atom is -0.379 e. The van der Waals surface area contributed by atoms with Crippen LogP contribution in [0.3, 0.4) is 0 Å². The molecule has 0 amide bonds. The Kier molecular flexibility index (Phi) is 4.80. The van der Waals surface area contributed by atoms with Gasteiger partial charge < -0.3 is 9.30 Å². The zero-order chi connectivity index (χ0) is 16.2. The van der Waals surface area contributed by atoms with Crippen molar-refractivity contribution < 1.29 is 4.74 Å². The van der Waals surface area contributed by atoms with Crippen molar-refractivity contribution in [2.75, 3.05) is 26.3 Å². The maximum absolute atomic E-state index is 9.18. The molecule has 0 aliphatic carbocycles. The molecule has 23 heavy (non-hydrogen) atoms. The second-order valence-corrected chi connectivity index (χ2v) is 5.96. The lowest BCUT2D eigenvalue weighted by molar-refractivity contribution is 0.0198. The summed E-state index contributed by atoms with van der Waals surface area (Å²) in [6, 6.07) is 13.3. The van der Waals surface area contributed by atoms with Crippen LogP contribution in [0.25, 0.3) is 11.1 Å². The number of ether oxygens (including phenoxy) is 1. The van der Waals surface area contributed by atoms with E-state index in [1.54, 1.807) is 0 Å². The first-order chi connectivity index (χ1) is 11.2. The number of nitriles is 1. The highest BCUT2D eigenvalue weighted by Crippen LogP contribution is 2.26. The van der Waals surface area contributed by atoms with Crippen molar-refractivity contribution in [3.05, 3.63) is 47.8 Å². The second-order valence-electron chi connectivity index (χ2n) is 5.96. The van der Waals surface area contributed by atoms with E-state index in [1.807, 2.05) is 10.6 Å². The molecule has 1 aliphatic rings. The van der Waals surface area contributed by atoms with E-state index in [4.69, 9.17) is 4.74 Å². The van der Waals surface area contributed by atoms with Gasteiger partial charge in [-0.15, -0.1) is 0 Å². The fraction of sp³-hybridized carbons (Fsp3) is 0.421. The molecule has 4 heteroatoms. The molecule has 1 saturated heterocycles. The molecule has 1 atom stereocenters. The highest BCUT2D eigenvalue weighted by molar-refractivity contribution is 5.65. The van der Waals surface area contributed by atoms with Gasteiger partial charge in [-0.1, -0.05) is 24.3 Å². The molecular weight excluding hydrogens is 286 g/mol. The fourth-order valence-corrected chi connectivity index (χ4v) is 3.15. The van der Waals surface area contributed by atoms with E-state index in [0.717, 1.165) is 44.0 Å². The lowest BCUT2D eigenvalue weighted by Gasteiger charge is -2.32.